The van der Waals surface area contributed by atoms with Gasteiger partial charge >= 0.3 is 6.03 Å². The van der Waals surface area contributed by atoms with Crippen LogP contribution in [-0.4, -0.2) is 36.4 Å². The largest absolute Gasteiger partial charge is 0.496 e. The third-order valence-electron chi connectivity index (χ3n) is 5.38. The lowest BCUT2D eigenvalue weighted by Gasteiger charge is -2.13. The number of imide groups is 1. The van der Waals surface area contributed by atoms with E-state index < -0.39 is 17.8 Å². The van der Waals surface area contributed by atoms with Crippen molar-refractivity contribution >= 4 is 40.4 Å². The second-order valence-corrected chi connectivity index (χ2v) is 7.34. The predicted molar refractivity (Wildman–Crippen MR) is 123 cm³/mol. The molecule has 162 valence electrons. The number of methoxy groups -OCH3 is 1. The average Bonchev–Trinajstić information content (AvgIpc) is 3.07. The fourth-order valence-electron chi connectivity index (χ4n) is 3.75. The molecule has 4 amide bonds. The highest BCUT2D eigenvalue weighted by molar-refractivity contribution is 6.16. The smallest absolute Gasteiger partial charge is 0.329 e. The number of rotatable bonds is 6. The van der Waals surface area contributed by atoms with Gasteiger partial charge in [-0.15, -0.1) is 0 Å². The van der Waals surface area contributed by atoms with Crippen LogP contribution in [0.5, 0.6) is 5.75 Å². The monoisotopic (exact) mass is 429 g/mol. The summed E-state index contributed by atoms with van der Waals surface area (Å²) < 4.78 is 5.46. The van der Waals surface area contributed by atoms with Crippen molar-refractivity contribution in [2.45, 2.75) is 13.3 Å². The molecule has 32 heavy (non-hydrogen) atoms. The number of carbonyl (C=O) groups is 3. The number of para-hydroxylation sites is 1. The molecule has 7 nitrogen and oxygen atoms in total. The number of nitrogens with one attached hydrogen (secondary N) is 2. The van der Waals surface area contributed by atoms with Crippen LogP contribution < -0.4 is 15.4 Å². The van der Waals surface area contributed by atoms with E-state index in [0.29, 0.717) is 17.0 Å². The molecule has 0 aliphatic carbocycles. The third kappa shape index (κ3) is 4.05. The second-order valence-electron chi connectivity index (χ2n) is 7.34. The zero-order valence-corrected chi connectivity index (χ0v) is 17.8. The summed E-state index contributed by atoms with van der Waals surface area (Å²) in [4.78, 5) is 38.8. The van der Waals surface area contributed by atoms with E-state index >= 15 is 0 Å². The quantitative estimate of drug-likeness (QED) is 0.459. The summed E-state index contributed by atoms with van der Waals surface area (Å²) in [5, 5.41) is 7.22. The van der Waals surface area contributed by atoms with Crippen molar-refractivity contribution in [1.29, 1.82) is 0 Å². The fourth-order valence-corrected chi connectivity index (χ4v) is 3.75. The lowest BCUT2D eigenvalue weighted by atomic mass is 10.0. The number of fused-ring (bicyclic) bond motifs is 1. The Hall–Kier alpha value is -4.13. The molecule has 3 aromatic carbocycles. The molecule has 4 rings (SSSR count). The van der Waals surface area contributed by atoms with Crippen LogP contribution in [0.2, 0.25) is 0 Å². The number of ether oxygens (including phenoxy) is 1. The van der Waals surface area contributed by atoms with Crippen molar-refractivity contribution < 1.29 is 19.1 Å². The molecule has 7 heteroatoms. The predicted octanol–water partition coefficient (Wildman–Crippen LogP) is 3.94. The Morgan fingerprint density at radius 1 is 1.06 bits per heavy atom. The molecule has 0 saturated carbocycles. The van der Waals surface area contributed by atoms with Crippen molar-refractivity contribution in [2.24, 2.45) is 0 Å². The van der Waals surface area contributed by atoms with E-state index in [1.54, 1.807) is 19.3 Å². The number of amides is 4. The molecule has 0 unspecified atom stereocenters. The first-order valence-corrected chi connectivity index (χ1v) is 10.3. The highest BCUT2D eigenvalue weighted by Gasteiger charge is 2.35. The number of carbonyl (C=O) groups excluding carboxylic acids is 3. The van der Waals surface area contributed by atoms with Gasteiger partial charge in [0.25, 0.3) is 5.91 Å². The Balaban J connectivity index is 1.58. The van der Waals surface area contributed by atoms with Gasteiger partial charge in [-0.3, -0.25) is 9.59 Å². The van der Waals surface area contributed by atoms with E-state index in [1.165, 1.54) is 0 Å². The maximum absolute atomic E-state index is 12.9. The summed E-state index contributed by atoms with van der Waals surface area (Å²) in [5.41, 5.74) is 2.41. The van der Waals surface area contributed by atoms with Crippen LogP contribution in [0, 0.1) is 0 Å². The summed E-state index contributed by atoms with van der Waals surface area (Å²) in [6.07, 6.45) is 2.34. The second kappa shape index (κ2) is 8.93. The SMILES string of the molecule is CCc1ccccc1NC(=O)CN1C(=O)N/C(=C\c2c(OC)ccc3ccccc23)C1=O. The molecule has 1 aliphatic heterocycles. The van der Waals surface area contributed by atoms with Crippen molar-refractivity contribution in [2.75, 3.05) is 19.0 Å². The van der Waals surface area contributed by atoms with Crippen LogP contribution in [0.1, 0.15) is 18.1 Å². The van der Waals surface area contributed by atoms with Crippen molar-refractivity contribution in [3.8, 4) is 5.75 Å². The first-order chi connectivity index (χ1) is 15.5. The van der Waals surface area contributed by atoms with Gasteiger partial charge in [-0.2, -0.15) is 0 Å². The number of aryl methyl sites for hydroxylation is 1. The van der Waals surface area contributed by atoms with Gasteiger partial charge in [-0.25, -0.2) is 9.69 Å². The minimum atomic E-state index is -0.639. The number of hydrogen-bond donors (Lipinski definition) is 2. The number of anilines is 1. The van der Waals surface area contributed by atoms with Crippen LogP contribution >= 0.6 is 0 Å². The molecule has 1 heterocycles. The summed E-state index contributed by atoms with van der Waals surface area (Å²) in [7, 11) is 1.55. The summed E-state index contributed by atoms with van der Waals surface area (Å²) >= 11 is 0. The van der Waals surface area contributed by atoms with Crippen LogP contribution in [0.25, 0.3) is 16.8 Å². The normalized spacial score (nSPS) is 14.7. The van der Waals surface area contributed by atoms with Gasteiger partial charge in [-0.1, -0.05) is 55.5 Å². The number of urea groups is 1. The molecule has 3 aromatic rings. The van der Waals surface area contributed by atoms with Gasteiger partial charge < -0.3 is 15.4 Å². The van der Waals surface area contributed by atoms with Crippen LogP contribution in [0.4, 0.5) is 10.5 Å². The van der Waals surface area contributed by atoms with E-state index in [4.69, 9.17) is 4.74 Å². The zero-order valence-electron chi connectivity index (χ0n) is 17.8. The van der Waals surface area contributed by atoms with Crippen molar-refractivity contribution in [1.82, 2.24) is 10.2 Å². The number of benzene rings is 3. The average molecular weight is 429 g/mol. The van der Waals surface area contributed by atoms with E-state index in [2.05, 4.69) is 10.6 Å². The molecule has 0 radical (unpaired) electrons. The van der Waals surface area contributed by atoms with Crippen LogP contribution in [0.15, 0.2) is 66.4 Å². The molecule has 0 spiro atoms. The maximum atomic E-state index is 12.9. The lowest BCUT2D eigenvalue weighted by molar-refractivity contribution is -0.127. The maximum Gasteiger partial charge on any atom is 0.329 e. The summed E-state index contributed by atoms with van der Waals surface area (Å²) in [6.45, 7) is 1.60. The van der Waals surface area contributed by atoms with Crippen LogP contribution in [-0.2, 0) is 16.0 Å². The minimum absolute atomic E-state index is 0.0893. The summed E-state index contributed by atoms with van der Waals surface area (Å²) in [6, 6.07) is 18.2. The lowest BCUT2D eigenvalue weighted by Crippen LogP contribution is -2.38. The first kappa shape index (κ1) is 21.1. The van der Waals surface area contributed by atoms with Gasteiger partial charge in [0.15, 0.2) is 0 Å². The number of hydrogen-bond acceptors (Lipinski definition) is 4. The van der Waals surface area contributed by atoms with Gasteiger partial charge in [-0.05, 0) is 41.0 Å². The molecule has 0 aromatic heterocycles. The molecule has 0 bridgehead atoms. The van der Waals surface area contributed by atoms with Gasteiger partial charge in [0.1, 0.15) is 18.0 Å². The van der Waals surface area contributed by atoms with Gasteiger partial charge in [0.05, 0.1) is 7.11 Å². The Bertz CT molecular complexity index is 1250. The van der Waals surface area contributed by atoms with Crippen LogP contribution in [0.3, 0.4) is 0 Å². The highest BCUT2D eigenvalue weighted by Crippen LogP contribution is 2.30. The molecular formula is C25H23N3O4. The van der Waals surface area contributed by atoms with E-state index in [1.807, 2.05) is 61.5 Å². The Labute approximate surface area is 185 Å². The first-order valence-electron chi connectivity index (χ1n) is 10.3. The highest BCUT2D eigenvalue weighted by atomic mass is 16.5. The molecule has 1 aliphatic rings. The molecule has 2 N–H and O–H groups in total. The van der Waals surface area contributed by atoms with Crippen molar-refractivity contribution in [3.63, 3.8) is 0 Å². The van der Waals surface area contributed by atoms with E-state index in [0.717, 1.165) is 27.7 Å². The molecule has 0 atom stereocenters. The van der Waals surface area contributed by atoms with Gasteiger partial charge in [0, 0.05) is 11.3 Å². The minimum Gasteiger partial charge on any atom is -0.496 e. The van der Waals surface area contributed by atoms with E-state index in [-0.39, 0.29) is 12.2 Å². The Morgan fingerprint density at radius 2 is 1.81 bits per heavy atom. The molecule has 1 saturated heterocycles. The molecule has 1 fully saturated rings. The van der Waals surface area contributed by atoms with E-state index in [9.17, 15) is 14.4 Å². The van der Waals surface area contributed by atoms with Gasteiger partial charge in [0.2, 0.25) is 5.91 Å². The Morgan fingerprint density at radius 3 is 2.59 bits per heavy atom. The Kier molecular flexibility index (Phi) is 5.89. The summed E-state index contributed by atoms with van der Waals surface area (Å²) in [5.74, 6) is -0.437. The third-order valence-corrected chi connectivity index (χ3v) is 5.38. The standard InChI is InChI=1S/C25H23N3O4/c1-3-16-8-5-7-11-20(16)26-23(29)15-28-24(30)21(27-25(28)31)14-19-18-10-6-4-9-17(18)12-13-22(19)32-2/h4-14H,3,15H2,1-2H3,(H,26,29)(H,27,31)/b21-14-. The molecular weight excluding hydrogens is 406 g/mol. The fraction of sp³-hybridized carbons (Fsp3) is 0.160. The zero-order chi connectivity index (χ0) is 22.7. The number of nitrogens with zero attached hydrogens (tertiary/aromatic N) is 1. The topological polar surface area (TPSA) is 87.7 Å². The van der Waals surface area contributed by atoms with Crippen molar-refractivity contribution in [3.05, 3.63) is 77.5 Å².